The Labute approximate surface area is 95.8 Å². The molecule has 0 fully saturated rings. The Morgan fingerprint density at radius 3 is 2.62 bits per heavy atom. The lowest BCUT2D eigenvalue weighted by atomic mass is 10.3. The van der Waals surface area contributed by atoms with Crippen LogP contribution in [-0.4, -0.2) is 26.4 Å². The van der Waals surface area contributed by atoms with Crippen LogP contribution in [0, 0.1) is 0 Å². The molecule has 0 bridgehead atoms. The maximum absolute atomic E-state index is 11.6. The molecular formula is C12H17NO3. The van der Waals surface area contributed by atoms with Crippen LogP contribution in [0.1, 0.15) is 13.8 Å². The zero-order valence-electron chi connectivity index (χ0n) is 10.1. The fraction of sp³-hybridized carbons (Fsp3) is 0.417. The molecule has 0 aliphatic rings. The van der Waals surface area contributed by atoms with Crippen LogP contribution in [0.5, 0.6) is 5.75 Å². The van der Waals surface area contributed by atoms with Gasteiger partial charge in [-0.2, -0.15) is 0 Å². The fourth-order valence-electron chi connectivity index (χ4n) is 1.21. The van der Waals surface area contributed by atoms with Gasteiger partial charge in [-0.15, -0.1) is 0 Å². The first-order valence-corrected chi connectivity index (χ1v) is 5.13. The Morgan fingerprint density at radius 2 is 2.06 bits per heavy atom. The number of ether oxygens (including phenoxy) is 2. The minimum absolute atomic E-state index is 0.124. The molecule has 1 rings (SSSR count). The number of carbonyl (C=O) groups is 1. The van der Waals surface area contributed by atoms with Crippen molar-refractivity contribution in [2.75, 3.05) is 19.1 Å². The van der Waals surface area contributed by atoms with E-state index in [4.69, 9.17) is 9.47 Å². The van der Waals surface area contributed by atoms with Gasteiger partial charge in [-0.05, 0) is 26.0 Å². The van der Waals surface area contributed by atoms with Gasteiger partial charge in [0.15, 0.2) is 0 Å². The Balaban J connectivity index is 2.79. The predicted octanol–water partition coefficient (Wildman–Crippen LogP) is 2.68. The van der Waals surface area contributed by atoms with E-state index in [0.29, 0.717) is 5.75 Å². The number of methoxy groups -OCH3 is 1. The van der Waals surface area contributed by atoms with Gasteiger partial charge in [0.25, 0.3) is 0 Å². The van der Waals surface area contributed by atoms with Crippen LogP contribution in [0.3, 0.4) is 0 Å². The van der Waals surface area contributed by atoms with Crippen molar-refractivity contribution in [3.05, 3.63) is 24.3 Å². The van der Waals surface area contributed by atoms with Gasteiger partial charge in [0.2, 0.25) is 0 Å². The zero-order valence-corrected chi connectivity index (χ0v) is 10.1. The van der Waals surface area contributed by atoms with E-state index in [2.05, 4.69) is 0 Å². The quantitative estimate of drug-likeness (QED) is 0.790. The molecule has 4 nitrogen and oxygen atoms in total. The maximum atomic E-state index is 11.6. The zero-order chi connectivity index (χ0) is 12.1. The molecule has 0 radical (unpaired) electrons. The third kappa shape index (κ3) is 3.15. The van der Waals surface area contributed by atoms with Crippen molar-refractivity contribution in [2.24, 2.45) is 0 Å². The SMILES string of the molecule is COc1cccc(N(C)C(=O)OC(C)C)c1. The molecule has 88 valence electrons. The summed E-state index contributed by atoms with van der Waals surface area (Å²) in [4.78, 5) is 13.1. The van der Waals surface area contributed by atoms with Crippen LogP contribution in [-0.2, 0) is 4.74 Å². The standard InChI is InChI=1S/C12H17NO3/c1-9(2)16-12(14)13(3)10-6-5-7-11(8-10)15-4/h5-9H,1-4H3. The Hall–Kier alpha value is -1.71. The summed E-state index contributed by atoms with van der Waals surface area (Å²) in [5, 5.41) is 0. The minimum atomic E-state index is -0.372. The van der Waals surface area contributed by atoms with Gasteiger partial charge in [0.05, 0.1) is 18.9 Å². The molecule has 0 aliphatic heterocycles. The number of rotatable bonds is 3. The molecule has 0 aliphatic carbocycles. The van der Waals surface area contributed by atoms with Crippen LogP contribution < -0.4 is 9.64 Å². The van der Waals surface area contributed by atoms with Crippen LogP contribution in [0.15, 0.2) is 24.3 Å². The van der Waals surface area contributed by atoms with Gasteiger partial charge in [-0.1, -0.05) is 6.07 Å². The average molecular weight is 223 g/mol. The summed E-state index contributed by atoms with van der Waals surface area (Å²) in [6.07, 6.45) is -0.496. The fourth-order valence-corrected chi connectivity index (χ4v) is 1.21. The molecule has 0 unspecified atom stereocenters. The van der Waals surface area contributed by atoms with Gasteiger partial charge >= 0.3 is 6.09 Å². The second kappa shape index (κ2) is 5.39. The molecular weight excluding hydrogens is 206 g/mol. The molecule has 1 amide bonds. The van der Waals surface area contributed by atoms with Crippen LogP contribution in [0.2, 0.25) is 0 Å². The van der Waals surface area contributed by atoms with E-state index in [1.54, 1.807) is 20.2 Å². The van der Waals surface area contributed by atoms with Crippen molar-refractivity contribution in [2.45, 2.75) is 20.0 Å². The molecule has 4 heteroatoms. The number of hydrogen-bond donors (Lipinski definition) is 0. The smallest absolute Gasteiger partial charge is 0.414 e. The normalized spacial score (nSPS) is 10.1. The Kier molecular flexibility index (Phi) is 4.17. The minimum Gasteiger partial charge on any atom is -0.497 e. The van der Waals surface area contributed by atoms with E-state index in [-0.39, 0.29) is 12.2 Å². The molecule has 0 heterocycles. The van der Waals surface area contributed by atoms with E-state index in [1.165, 1.54) is 4.90 Å². The van der Waals surface area contributed by atoms with Gasteiger partial charge in [0.1, 0.15) is 5.75 Å². The summed E-state index contributed by atoms with van der Waals surface area (Å²) < 4.78 is 10.2. The van der Waals surface area contributed by atoms with Crippen molar-refractivity contribution in [1.82, 2.24) is 0 Å². The molecule has 0 aromatic heterocycles. The third-order valence-electron chi connectivity index (χ3n) is 2.05. The summed E-state index contributed by atoms with van der Waals surface area (Å²) in [7, 11) is 3.25. The van der Waals surface area contributed by atoms with Crippen LogP contribution in [0.4, 0.5) is 10.5 Å². The summed E-state index contributed by atoms with van der Waals surface area (Å²) in [6.45, 7) is 3.63. The van der Waals surface area contributed by atoms with Crippen molar-refractivity contribution in [3.63, 3.8) is 0 Å². The van der Waals surface area contributed by atoms with E-state index < -0.39 is 0 Å². The second-order valence-electron chi connectivity index (χ2n) is 3.69. The number of carbonyl (C=O) groups excluding carboxylic acids is 1. The number of benzene rings is 1. The van der Waals surface area contributed by atoms with Crippen molar-refractivity contribution < 1.29 is 14.3 Å². The highest BCUT2D eigenvalue weighted by Gasteiger charge is 2.13. The first-order valence-electron chi connectivity index (χ1n) is 5.13. The van der Waals surface area contributed by atoms with Crippen molar-refractivity contribution in [1.29, 1.82) is 0 Å². The molecule has 1 aromatic carbocycles. The largest absolute Gasteiger partial charge is 0.497 e. The van der Waals surface area contributed by atoms with Crippen LogP contribution >= 0.6 is 0 Å². The number of nitrogens with zero attached hydrogens (tertiary/aromatic N) is 1. The highest BCUT2D eigenvalue weighted by molar-refractivity contribution is 5.87. The lowest BCUT2D eigenvalue weighted by Gasteiger charge is -2.19. The van der Waals surface area contributed by atoms with E-state index in [9.17, 15) is 4.79 Å². The average Bonchev–Trinajstić information content (AvgIpc) is 2.27. The predicted molar refractivity (Wildman–Crippen MR) is 63.0 cm³/mol. The summed E-state index contributed by atoms with van der Waals surface area (Å²) in [5.41, 5.74) is 0.741. The van der Waals surface area contributed by atoms with E-state index >= 15 is 0 Å². The highest BCUT2D eigenvalue weighted by atomic mass is 16.6. The summed E-state index contributed by atoms with van der Waals surface area (Å²) in [6, 6.07) is 7.25. The lowest BCUT2D eigenvalue weighted by molar-refractivity contribution is 0.124. The first-order chi connectivity index (χ1) is 7.54. The monoisotopic (exact) mass is 223 g/mol. The summed E-state index contributed by atoms with van der Waals surface area (Å²) >= 11 is 0. The lowest BCUT2D eigenvalue weighted by Crippen LogP contribution is -2.29. The topological polar surface area (TPSA) is 38.8 Å². The third-order valence-corrected chi connectivity index (χ3v) is 2.05. The van der Waals surface area contributed by atoms with Crippen LogP contribution in [0.25, 0.3) is 0 Å². The second-order valence-corrected chi connectivity index (χ2v) is 3.69. The number of amides is 1. The van der Waals surface area contributed by atoms with E-state index in [1.807, 2.05) is 32.0 Å². The maximum Gasteiger partial charge on any atom is 0.414 e. The van der Waals surface area contributed by atoms with Crippen molar-refractivity contribution in [3.8, 4) is 5.75 Å². The first kappa shape index (κ1) is 12.4. The number of hydrogen-bond acceptors (Lipinski definition) is 3. The van der Waals surface area contributed by atoms with Crippen molar-refractivity contribution >= 4 is 11.8 Å². The van der Waals surface area contributed by atoms with Gasteiger partial charge in [-0.3, -0.25) is 4.90 Å². The number of anilines is 1. The molecule has 0 atom stereocenters. The van der Waals surface area contributed by atoms with Gasteiger partial charge < -0.3 is 9.47 Å². The van der Waals surface area contributed by atoms with Gasteiger partial charge in [-0.25, -0.2) is 4.79 Å². The Morgan fingerprint density at radius 1 is 1.38 bits per heavy atom. The molecule has 0 N–H and O–H groups in total. The molecule has 0 saturated heterocycles. The van der Waals surface area contributed by atoms with E-state index in [0.717, 1.165) is 5.69 Å². The molecule has 16 heavy (non-hydrogen) atoms. The van der Waals surface area contributed by atoms with Gasteiger partial charge in [0, 0.05) is 13.1 Å². The molecule has 0 spiro atoms. The molecule has 0 saturated carbocycles. The Bertz CT molecular complexity index is 363. The highest BCUT2D eigenvalue weighted by Crippen LogP contribution is 2.20. The molecule has 1 aromatic rings. The summed E-state index contributed by atoms with van der Waals surface area (Å²) in [5.74, 6) is 0.710.